The fourth-order valence-corrected chi connectivity index (χ4v) is 3.78. The third kappa shape index (κ3) is 2.84. The Labute approximate surface area is 158 Å². The second-order valence-corrected chi connectivity index (χ2v) is 6.72. The summed E-state index contributed by atoms with van der Waals surface area (Å²) in [6.07, 6.45) is 0. The summed E-state index contributed by atoms with van der Waals surface area (Å²) >= 11 is 0. The zero-order valence-electron chi connectivity index (χ0n) is 14.9. The summed E-state index contributed by atoms with van der Waals surface area (Å²) in [5.41, 5.74) is 4.76. The number of anilines is 2. The third-order valence-electron chi connectivity index (χ3n) is 5.06. The van der Waals surface area contributed by atoms with Crippen LogP contribution in [0.15, 0.2) is 109 Å². The molecule has 0 unspecified atom stereocenters. The molecule has 128 valence electrons. The molecule has 0 fully saturated rings. The van der Waals surface area contributed by atoms with E-state index in [-0.39, 0.29) is 0 Å². The highest BCUT2D eigenvalue weighted by Crippen LogP contribution is 2.37. The lowest BCUT2D eigenvalue weighted by atomic mass is 9.93. The quantitative estimate of drug-likeness (QED) is 0.359. The molecule has 0 saturated heterocycles. The molecule has 27 heavy (non-hydrogen) atoms. The molecule has 1 heteroatoms. The molecule has 5 aromatic rings. The fraction of sp³-hybridized carbons (Fsp3) is 0. The summed E-state index contributed by atoms with van der Waals surface area (Å²) in [6.45, 7) is 0. The van der Waals surface area contributed by atoms with Crippen molar-refractivity contribution >= 4 is 32.9 Å². The van der Waals surface area contributed by atoms with E-state index in [4.69, 9.17) is 0 Å². The van der Waals surface area contributed by atoms with E-state index in [1.807, 2.05) is 6.07 Å². The first-order valence-electron chi connectivity index (χ1n) is 9.22. The van der Waals surface area contributed by atoms with E-state index in [1.165, 1.54) is 32.7 Å². The highest BCUT2D eigenvalue weighted by Gasteiger charge is 2.10. The lowest BCUT2D eigenvalue weighted by Gasteiger charge is -2.15. The minimum Gasteiger partial charge on any atom is -0.355 e. The molecule has 0 bridgehead atoms. The van der Waals surface area contributed by atoms with Crippen molar-refractivity contribution in [1.29, 1.82) is 0 Å². The molecule has 0 amide bonds. The average Bonchev–Trinajstić information content (AvgIpc) is 2.74. The Kier molecular flexibility index (Phi) is 3.84. The van der Waals surface area contributed by atoms with E-state index in [2.05, 4.69) is 108 Å². The van der Waals surface area contributed by atoms with Gasteiger partial charge in [-0.25, -0.2) is 0 Å². The van der Waals surface area contributed by atoms with E-state index in [1.54, 1.807) is 0 Å². The van der Waals surface area contributed by atoms with Crippen LogP contribution in [-0.4, -0.2) is 0 Å². The van der Waals surface area contributed by atoms with Gasteiger partial charge >= 0.3 is 0 Å². The molecular weight excluding hydrogens is 326 g/mol. The predicted molar refractivity (Wildman–Crippen MR) is 117 cm³/mol. The van der Waals surface area contributed by atoms with Crippen LogP contribution in [0.25, 0.3) is 32.7 Å². The number of nitrogens with one attached hydrogen (secondary N) is 1. The van der Waals surface area contributed by atoms with Gasteiger partial charge in [-0.15, -0.1) is 0 Å². The van der Waals surface area contributed by atoms with Crippen molar-refractivity contribution in [2.75, 3.05) is 5.32 Å². The maximum absolute atomic E-state index is 3.56. The Bertz CT molecular complexity index is 1230. The van der Waals surface area contributed by atoms with Gasteiger partial charge in [0.2, 0.25) is 0 Å². The molecule has 0 radical (unpaired) electrons. The third-order valence-corrected chi connectivity index (χ3v) is 5.06. The number of fused-ring (bicyclic) bond motifs is 2. The SMILES string of the molecule is c1ccc(Nc2ccc(-c3cccc4ccccc34)c3ccccc23)cc1. The van der Waals surface area contributed by atoms with Gasteiger partial charge in [0.25, 0.3) is 0 Å². The van der Waals surface area contributed by atoms with Crippen LogP contribution < -0.4 is 5.32 Å². The summed E-state index contributed by atoms with van der Waals surface area (Å²) < 4.78 is 0. The lowest BCUT2D eigenvalue weighted by molar-refractivity contribution is 1.57. The fourth-order valence-electron chi connectivity index (χ4n) is 3.78. The van der Waals surface area contributed by atoms with Gasteiger partial charge in [0.05, 0.1) is 0 Å². The van der Waals surface area contributed by atoms with Crippen LogP contribution >= 0.6 is 0 Å². The molecule has 0 aliphatic rings. The van der Waals surface area contributed by atoms with Crippen LogP contribution in [0.4, 0.5) is 11.4 Å². The first kappa shape index (κ1) is 15.7. The highest BCUT2D eigenvalue weighted by atomic mass is 14.9. The summed E-state index contributed by atoms with van der Waals surface area (Å²) in [5, 5.41) is 8.61. The minimum absolute atomic E-state index is 1.10. The monoisotopic (exact) mass is 345 g/mol. The number of benzene rings is 5. The number of hydrogen-bond donors (Lipinski definition) is 1. The molecule has 0 aliphatic carbocycles. The number of rotatable bonds is 3. The topological polar surface area (TPSA) is 12.0 Å². The first-order chi connectivity index (χ1) is 13.4. The van der Waals surface area contributed by atoms with Crippen LogP contribution in [-0.2, 0) is 0 Å². The minimum atomic E-state index is 1.10. The van der Waals surface area contributed by atoms with Crippen LogP contribution in [0.5, 0.6) is 0 Å². The second-order valence-electron chi connectivity index (χ2n) is 6.72. The average molecular weight is 345 g/mol. The second kappa shape index (κ2) is 6.62. The summed E-state index contributed by atoms with van der Waals surface area (Å²) in [5.74, 6) is 0. The van der Waals surface area contributed by atoms with Gasteiger partial charge in [-0.3, -0.25) is 0 Å². The van der Waals surface area contributed by atoms with Crippen LogP contribution in [0.2, 0.25) is 0 Å². The van der Waals surface area contributed by atoms with Crippen molar-refractivity contribution in [2.45, 2.75) is 0 Å². The maximum atomic E-state index is 3.56. The van der Waals surface area contributed by atoms with Gasteiger partial charge in [-0.1, -0.05) is 91.0 Å². The molecule has 1 nitrogen and oxygen atoms in total. The van der Waals surface area contributed by atoms with Gasteiger partial charge in [0.15, 0.2) is 0 Å². The Morgan fingerprint density at radius 3 is 1.89 bits per heavy atom. The van der Waals surface area contributed by atoms with Crippen molar-refractivity contribution < 1.29 is 0 Å². The molecular formula is C26H19N. The number of hydrogen-bond acceptors (Lipinski definition) is 1. The van der Waals surface area contributed by atoms with Crippen molar-refractivity contribution in [3.8, 4) is 11.1 Å². The zero-order valence-corrected chi connectivity index (χ0v) is 14.9. The standard InChI is InChI=1S/C26H19N/c1-2-11-20(12-3-1)27-26-18-17-24(23-14-6-7-15-25(23)26)22-16-8-10-19-9-4-5-13-21(19)22/h1-18,27H. The largest absolute Gasteiger partial charge is 0.355 e. The van der Waals surface area contributed by atoms with Crippen LogP contribution in [0.1, 0.15) is 0 Å². The van der Waals surface area contributed by atoms with E-state index >= 15 is 0 Å². The summed E-state index contributed by atoms with van der Waals surface area (Å²) in [6, 6.07) is 38.5. The van der Waals surface area contributed by atoms with Crippen LogP contribution in [0.3, 0.4) is 0 Å². The summed E-state index contributed by atoms with van der Waals surface area (Å²) in [4.78, 5) is 0. The van der Waals surface area contributed by atoms with E-state index in [0.717, 1.165) is 11.4 Å². The molecule has 1 N–H and O–H groups in total. The van der Waals surface area contributed by atoms with Gasteiger partial charge in [-0.2, -0.15) is 0 Å². The highest BCUT2D eigenvalue weighted by molar-refractivity contribution is 6.09. The van der Waals surface area contributed by atoms with Crippen LogP contribution in [0, 0.1) is 0 Å². The smallest absolute Gasteiger partial charge is 0.0464 e. The Morgan fingerprint density at radius 2 is 1.04 bits per heavy atom. The van der Waals surface area contributed by atoms with Crippen molar-refractivity contribution in [2.24, 2.45) is 0 Å². The maximum Gasteiger partial charge on any atom is 0.0464 e. The van der Waals surface area contributed by atoms with Gasteiger partial charge < -0.3 is 5.32 Å². The van der Waals surface area contributed by atoms with Gasteiger partial charge in [0, 0.05) is 16.8 Å². The summed E-state index contributed by atoms with van der Waals surface area (Å²) in [7, 11) is 0. The predicted octanol–water partition coefficient (Wildman–Crippen LogP) is 7.40. The molecule has 0 aliphatic heterocycles. The molecule has 5 rings (SSSR count). The lowest BCUT2D eigenvalue weighted by Crippen LogP contribution is -1.92. The molecule has 0 heterocycles. The first-order valence-corrected chi connectivity index (χ1v) is 9.22. The molecule has 0 aromatic heterocycles. The number of para-hydroxylation sites is 1. The molecule has 0 atom stereocenters. The molecule has 0 saturated carbocycles. The van der Waals surface area contributed by atoms with Crippen molar-refractivity contribution in [3.63, 3.8) is 0 Å². The molecule has 0 spiro atoms. The van der Waals surface area contributed by atoms with Gasteiger partial charge in [0.1, 0.15) is 0 Å². The van der Waals surface area contributed by atoms with E-state index in [9.17, 15) is 0 Å². The van der Waals surface area contributed by atoms with E-state index < -0.39 is 0 Å². The Hall–Kier alpha value is -3.58. The van der Waals surface area contributed by atoms with E-state index in [0.29, 0.717) is 0 Å². The Balaban J connectivity index is 1.72. The normalized spacial score (nSPS) is 11.0. The Morgan fingerprint density at radius 1 is 0.407 bits per heavy atom. The van der Waals surface area contributed by atoms with Crippen molar-refractivity contribution in [1.82, 2.24) is 0 Å². The van der Waals surface area contributed by atoms with Gasteiger partial charge in [-0.05, 0) is 45.5 Å². The zero-order chi connectivity index (χ0) is 18.1. The molecule has 5 aromatic carbocycles. The van der Waals surface area contributed by atoms with Crippen molar-refractivity contribution in [3.05, 3.63) is 109 Å².